The van der Waals surface area contributed by atoms with E-state index in [0.717, 1.165) is 73.2 Å². The zero-order valence-electron chi connectivity index (χ0n) is 42.0. The van der Waals surface area contributed by atoms with Crippen LogP contribution in [0.4, 0.5) is 4.39 Å². The Morgan fingerprint density at radius 3 is 1.49 bits per heavy atom. The van der Waals surface area contributed by atoms with Crippen molar-refractivity contribution in [1.29, 1.82) is 0 Å². The van der Waals surface area contributed by atoms with E-state index in [1.807, 2.05) is 65.3 Å². The summed E-state index contributed by atoms with van der Waals surface area (Å²) in [6.45, 7) is 9.00. The molecule has 12 nitrogen and oxygen atoms in total. The lowest BCUT2D eigenvalue weighted by atomic mass is 10.1. The molecule has 2 saturated heterocycles. The molecule has 2 aliphatic rings. The van der Waals surface area contributed by atoms with Gasteiger partial charge in [0.05, 0.1) is 42.7 Å². The number of carbonyl (C=O) groups is 2. The van der Waals surface area contributed by atoms with E-state index < -0.39 is 0 Å². The van der Waals surface area contributed by atoms with Gasteiger partial charge in [0, 0.05) is 55.9 Å². The van der Waals surface area contributed by atoms with Gasteiger partial charge >= 0.3 is 0 Å². The van der Waals surface area contributed by atoms with Crippen LogP contribution in [-0.2, 0) is 6.54 Å². The maximum absolute atomic E-state index is 14.0. The minimum atomic E-state index is -0.237. The van der Waals surface area contributed by atoms with Crippen LogP contribution in [0, 0.1) is 5.82 Å². The number of rotatable bonds is 20. The van der Waals surface area contributed by atoms with E-state index in [2.05, 4.69) is 53.6 Å². The Morgan fingerprint density at radius 1 is 0.614 bits per heavy atom. The van der Waals surface area contributed by atoms with Gasteiger partial charge in [0.1, 0.15) is 5.82 Å². The van der Waals surface area contributed by atoms with E-state index in [-0.39, 0.29) is 23.7 Å². The highest BCUT2D eigenvalue weighted by Crippen LogP contribution is 2.40. The van der Waals surface area contributed by atoms with Crippen molar-refractivity contribution in [3.8, 4) is 34.5 Å². The summed E-state index contributed by atoms with van der Waals surface area (Å²) in [5.74, 6) is 2.35. The Hall–Kier alpha value is -6.83. The molecule has 2 heterocycles. The van der Waals surface area contributed by atoms with Crippen LogP contribution in [0.25, 0.3) is 12.2 Å². The Kier molecular flexibility index (Phi) is 19.7. The van der Waals surface area contributed by atoms with Gasteiger partial charge in [-0.2, -0.15) is 0 Å². The molecule has 5 aromatic rings. The molecule has 70 heavy (non-hydrogen) atoms. The number of methoxy groups -OCH3 is 6. The molecule has 2 aliphatic heterocycles. The summed E-state index contributed by atoms with van der Waals surface area (Å²) in [5.41, 5.74) is 6.45. The third-order valence-corrected chi connectivity index (χ3v) is 12.5. The van der Waals surface area contributed by atoms with Crippen LogP contribution < -0.4 is 33.7 Å². The van der Waals surface area contributed by atoms with Crippen LogP contribution in [0.15, 0.2) is 120 Å². The smallest absolute Gasteiger partial charge is 0.254 e. The number of likely N-dealkylation sites (tertiary alicyclic amines) is 1. The molecule has 372 valence electrons. The molecule has 2 atom stereocenters. The van der Waals surface area contributed by atoms with Gasteiger partial charge in [-0.3, -0.25) is 14.5 Å². The van der Waals surface area contributed by atoms with Crippen LogP contribution in [0.5, 0.6) is 34.5 Å². The third-order valence-electron chi connectivity index (χ3n) is 12.5. The highest BCUT2D eigenvalue weighted by molar-refractivity contribution is 5.96. The number of amides is 2. The molecular weight excluding hydrogens is 888 g/mol. The van der Waals surface area contributed by atoms with Crippen molar-refractivity contribution in [2.45, 2.75) is 58.2 Å². The number of halogens is 1. The van der Waals surface area contributed by atoms with Crippen LogP contribution >= 0.6 is 0 Å². The number of nitrogens with one attached hydrogen (secondary N) is 1. The fraction of sp³-hybridized carbons (Fsp3) is 0.368. The second kappa shape index (κ2) is 26.2. The maximum Gasteiger partial charge on any atom is 0.254 e. The first-order valence-corrected chi connectivity index (χ1v) is 23.8. The fourth-order valence-electron chi connectivity index (χ4n) is 9.14. The lowest BCUT2D eigenvalue weighted by Gasteiger charge is -2.31. The second-order valence-electron chi connectivity index (χ2n) is 17.7. The summed E-state index contributed by atoms with van der Waals surface area (Å²) in [7, 11) is 9.29. The van der Waals surface area contributed by atoms with E-state index >= 15 is 0 Å². The number of hydrogen-bond acceptors (Lipinski definition) is 10. The standard InChI is InChI=1S/C32H37FN2O4.C25H32N2O4/c1-23(17-24-9-6-5-7-10-24)20-35(32(36)26-18-29(37-2)31(39-4)30(19-26)38-3)22-28-11-8-16-34(28)21-25-12-14-27(33)15-13-25;1-18(13-19-9-6-5-7-10-19)16-27(17-21-11-8-12-26-21)25(28)20-14-22(29-2)24(31-4)23(15-20)30-3/h5-7,9-10,12-15,17-19,28H,8,11,16,20-22H2,1-4H3;5-7,9-10,13-15,21,26H,8,11-12,16-17H2,1-4H3/b23-17+;18-13+. The molecule has 0 radical (unpaired) electrons. The molecule has 2 unspecified atom stereocenters. The molecule has 1 N–H and O–H groups in total. The van der Waals surface area contributed by atoms with Crippen molar-refractivity contribution in [3.63, 3.8) is 0 Å². The van der Waals surface area contributed by atoms with Crippen molar-refractivity contribution in [2.75, 3.05) is 81.9 Å². The van der Waals surface area contributed by atoms with E-state index in [1.165, 1.54) is 12.1 Å². The first-order valence-electron chi connectivity index (χ1n) is 23.8. The minimum Gasteiger partial charge on any atom is -0.493 e. The summed E-state index contributed by atoms with van der Waals surface area (Å²) in [4.78, 5) is 33.8. The normalized spacial score (nSPS) is 15.9. The topological polar surface area (TPSA) is 111 Å². The number of ether oxygens (including phenoxy) is 6. The highest BCUT2D eigenvalue weighted by Gasteiger charge is 2.30. The summed E-state index contributed by atoms with van der Waals surface area (Å²) >= 11 is 0. The van der Waals surface area contributed by atoms with Gasteiger partial charge in [0.15, 0.2) is 23.0 Å². The van der Waals surface area contributed by atoms with Gasteiger partial charge in [-0.15, -0.1) is 0 Å². The highest BCUT2D eigenvalue weighted by atomic mass is 19.1. The molecular formula is C57H69FN4O8. The van der Waals surface area contributed by atoms with Crippen molar-refractivity contribution in [2.24, 2.45) is 0 Å². The molecule has 0 aliphatic carbocycles. The maximum atomic E-state index is 14.0. The molecule has 5 aromatic carbocycles. The Bertz CT molecular complexity index is 2480. The summed E-state index contributed by atoms with van der Waals surface area (Å²) < 4.78 is 46.2. The Labute approximate surface area is 413 Å². The van der Waals surface area contributed by atoms with Crippen LogP contribution in [0.1, 0.15) is 76.9 Å². The Morgan fingerprint density at radius 2 is 1.07 bits per heavy atom. The number of carbonyl (C=O) groups excluding carboxylic acids is 2. The van der Waals surface area contributed by atoms with E-state index in [4.69, 9.17) is 28.4 Å². The average Bonchev–Trinajstić information content (AvgIpc) is 4.07. The van der Waals surface area contributed by atoms with Crippen molar-refractivity contribution >= 4 is 24.0 Å². The predicted molar refractivity (Wildman–Crippen MR) is 275 cm³/mol. The lowest BCUT2D eigenvalue weighted by Crippen LogP contribution is -2.43. The van der Waals surface area contributed by atoms with Gasteiger partial charge < -0.3 is 43.5 Å². The minimum absolute atomic E-state index is 0.0613. The average molecular weight is 957 g/mol. The number of benzene rings is 5. The summed E-state index contributed by atoms with van der Waals surface area (Å²) in [6.07, 6.45) is 8.48. The van der Waals surface area contributed by atoms with Gasteiger partial charge in [0.2, 0.25) is 11.5 Å². The SMILES string of the molecule is COc1cc(C(=O)N(C/C(C)=C/c2ccccc2)CC2CCCN2)cc(OC)c1OC.COc1cc(C(=O)N(C/C(C)=C/c2ccccc2)CC2CCCN2Cc2ccc(F)cc2)cc(OC)c1OC. The second-order valence-corrected chi connectivity index (χ2v) is 17.7. The van der Waals surface area contributed by atoms with E-state index in [0.29, 0.717) is 77.8 Å². The molecule has 2 amide bonds. The molecule has 0 saturated carbocycles. The van der Waals surface area contributed by atoms with Crippen LogP contribution in [-0.4, -0.2) is 121 Å². The van der Waals surface area contributed by atoms with Crippen molar-refractivity contribution in [1.82, 2.24) is 20.0 Å². The summed E-state index contributed by atoms with van der Waals surface area (Å²) in [5, 5.41) is 3.50. The largest absolute Gasteiger partial charge is 0.493 e. The molecule has 0 bridgehead atoms. The zero-order valence-corrected chi connectivity index (χ0v) is 42.0. The predicted octanol–water partition coefficient (Wildman–Crippen LogP) is 10.1. The van der Waals surface area contributed by atoms with E-state index in [9.17, 15) is 14.0 Å². The van der Waals surface area contributed by atoms with Gasteiger partial charge in [0.25, 0.3) is 11.8 Å². The fourth-order valence-corrected chi connectivity index (χ4v) is 9.14. The molecule has 0 aromatic heterocycles. The monoisotopic (exact) mass is 957 g/mol. The number of hydrogen-bond donors (Lipinski definition) is 1. The van der Waals surface area contributed by atoms with Gasteiger partial charge in [-0.25, -0.2) is 4.39 Å². The molecule has 0 spiro atoms. The molecule has 13 heteroatoms. The molecule has 2 fully saturated rings. The third kappa shape index (κ3) is 14.4. The van der Waals surface area contributed by atoms with Crippen LogP contribution in [0.3, 0.4) is 0 Å². The zero-order chi connectivity index (χ0) is 50.0. The summed E-state index contributed by atoms with van der Waals surface area (Å²) in [6, 6.07) is 34.2. The number of nitrogens with zero attached hydrogens (tertiary/aromatic N) is 3. The van der Waals surface area contributed by atoms with Gasteiger partial charge in [-0.1, -0.05) is 96.1 Å². The van der Waals surface area contributed by atoms with E-state index in [1.54, 1.807) is 66.9 Å². The van der Waals surface area contributed by atoms with Crippen LogP contribution in [0.2, 0.25) is 0 Å². The first kappa shape index (κ1) is 52.5. The first-order chi connectivity index (χ1) is 34.0. The van der Waals surface area contributed by atoms with Gasteiger partial charge in [-0.05, 0) is 106 Å². The quantitative estimate of drug-likeness (QED) is 0.0810. The molecule has 7 rings (SSSR count). The Balaban J connectivity index is 0.000000236. The van der Waals surface area contributed by atoms with Crippen molar-refractivity contribution < 1.29 is 42.4 Å². The van der Waals surface area contributed by atoms with Crippen molar-refractivity contribution in [3.05, 3.63) is 154 Å². The lowest BCUT2D eigenvalue weighted by molar-refractivity contribution is 0.0717.